The van der Waals surface area contributed by atoms with Crippen molar-refractivity contribution in [3.63, 3.8) is 0 Å². The highest BCUT2D eigenvalue weighted by Gasteiger charge is 2.16. The van der Waals surface area contributed by atoms with E-state index in [0.717, 1.165) is 37.6 Å². The minimum absolute atomic E-state index is 0.0483. The zero-order valence-corrected chi connectivity index (χ0v) is 16.2. The van der Waals surface area contributed by atoms with Crippen LogP contribution in [0.5, 0.6) is 11.5 Å². The summed E-state index contributed by atoms with van der Waals surface area (Å²) in [5, 5.41) is 15.2. The summed E-state index contributed by atoms with van der Waals surface area (Å²) in [5.74, 6) is 1.48. The summed E-state index contributed by atoms with van der Waals surface area (Å²) in [7, 11) is 0. The topological polar surface area (TPSA) is 104 Å². The molecule has 0 saturated carbocycles. The smallest absolute Gasteiger partial charge is 0.248 e. The predicted molar refractivity (Wildman–Crippen MR) is 107 cm³/mol. The summed E-state index contributed by atoms with van der Waals surface area (Å²) >= 11 is 0. The minimum Gasteiger partial charge on any atom is -0.454 e. The van der Waals surface area contributed by atoms with Gasteiger partial charge >= 0.3 is 0 Å². The van der Waals surface area contributed by atoms with E-state index in [2.05, 4.69) is 25.6 Å². The van der Waals surface area contributed by atoms with Gasteiger partial charge in [0.1, 0.15) is 6.54 Å². The molecule has 0 bridgehead atoms. The van der Waals surface area contributed by atoms with Crippen LogP contribution in [0.4, 0.5) is 11.4 Å². The molecule has 0 unspecified atom stereocenters. The molecular weight excluding hydrogens is 388 g/mol. The first kappa shape index (κ1) is 18.4. The first-order chi connectivity index (χ1) is 14.7. The second kappa shape index (κ2) is 7.99. The van der Waals surface area contributed by atoms with Gasteiger partial charge in [0, 0.05) is 36.1 Å². The average molecular weight is 408 g/mol. The van der Waals surface area contributed by atoms with Crippen LogP contribution >= 0.6 is 0 Å². The van der Waals surface area contributed by atoms with Crippen molar-refractivity contribution in [2.45, 2.75) is 6.54 Å². The Bertz CT molecular complexity index is 1050. The van der Waals surface area contributed by atoms with Crippen LogP contribution in [0, 0.1) is 0 Å². The number of morpholine rings is 1. The van der Waals surface area contributed by atoms with Crippen LogP contribution in [0.2, 0.25) is 0 Å². The number of benzene rings is 2. The Hall–Kier alpha value is -3.66. The van der Waals surface area contributed by atoms with Crippen molar-refractivity contribution in [1.82, 2.24) is 20.2 Å². The third kappa shape index (κ3) is 3.90. The lowest BCUT2D eigenvalue weighted by Gasteiger charge is -2.28. The molecule has 2 aliphatic heterocycles. The molecule has 1 fully saturated rings. The van der Waals surface area contributed by atoms with Gasteiger partial charge in [0.25, 0.3) is 0 Å². The van der Waals surface area contributed by atoms with Crippen molar-refractivity contribution in [3.05, 3.63) is 42.5 Å². The number of fused-ring (bicyclic) bond motifs is 1. The van der Waals surface area contributed by atoms with Crippen LogP contribution in [0.3, 0.4) is 0 Å². The minimum atomic E-state index is -0.263. The molecule has 2 aromatic carbocycles. The van der Waals surface area contributed by atoms with Crippen LogP contribution < -0.4 is 19.7 Å². The van der Waals surface area contributed by atoms with Gasteiger partial charge < -0.3 is 24.4 Å². The normalized spacial score (nSPS) is 15.3. The lowest BCUT2D eigenvalue weighted by molar-refractivity contribution is -0.117. The standard InChI is InChI=1S/C20H20N6O4/c27-19(21-15-3-6-17-18(11-15)30-13-29-17)12-26-23-20(22-24-26)14-1-4-16(5-2-14)25-7-9-28-10-8-25/h1-6,11H,7-10,12-13H2,(H,21,27). The third-order valence-electron chi connectivity index (χ3n) is 4.90. The quantitative estimate of drug-likeness (QED) is 0.678. The molecule has 3 heterocycles. The van der Waals surface area contributed by atoms with Crippen LogP contribution in [-0.4, -0.2) is 59.2 Å². The number of hydrogen-bond acceptors (Lipinski definition) is 8. The number of carbonyl (C=O) groups is 1. The summed E-state index contributed by atoms with van der Waals surface area (Å²) in [4.78, 5) is 15.9. The van der Waals surface area contributed by atoms with Gasteiger partial charge in [-0.3, -0.25) is 4.79 Å². The number of nitrogens with one attached hydrogen (secondary N) is 1. The number of amides is 1. The molecular formula is C20H20N6O4. The fourth-order valence-corrected chi connectivity index (χ4v) is 3.37. The molecule has 10 heteroatoms. The van der Waals surface area contributed by atoms with E-state index in [0.29, 0.717) is 23.0 Å². The number of hydrogen-bond donors (Lipinski definition) is 1. The first-order valence-corrected chi connectivity index (χ1v) is 9.65. The van der Waals surface area contributed by atoms with E-state index >= 15 is 0 Å². The Balaban J connectivity index is 1.21. The van der Waals surface area contributed by atoms with Crippen molar-refractivity contribution >= 4 is 17.3 Å². The van der Waals surface area contributed by atoms with E-state index in [1.54, 1.807) is 18.2 Å². The Labute approximate surface area is 172 Å². The maximum Gasteiger partial charge on any atom is 0.248 e. The van der Waals surface area contributed by atoms with Gasteiger partial charge in [0.15, 0.2) is 11.5 Å². The lowest BCUT2D eigenvalue weighted by Crippen LogP contribution is -2.36. The summed E-state index contributed by atoms with van der Waals surface area (Å²) in [6.45, 7) is 3.38. The molecule has 3 aromatic rings. The zero-order valence-electron chi connectivity index (χ0n) is 16.2. The molecule has 154 valence electrons. The highest BCUT2D eigenvalue weighted by molar-refractivity contribution is 5.90. The maximum absolute atomic E-state index is 12.3. The number of tetrazole rings is 1. The van der Waals surface area contributed by atoms with Crippen LogP contribution in [0.1, 0.15) is 0 Å². The summed E-state index contributed by atoms with van der Waals surface area (Å²) in [6.07, 6.45) is 0. The van der Waals surface area contributed by atoms with Gasteiger partial charge in [-0.15, -0.1) is 10.2 Å². The summed E-state index contributed by atoms with van der Waals surface area (Å²) in [6, 6.07) is 13.2. The Kier molecular flexibility index (Phi) is 4.89. The number of carbonyl (C=O) groups excluding carboxylic acids is 1. The van der Waals surface area contributed by atoms with Crippen molar-refractivity contribution in [2.24, 2.45) is 0 Å². The van der Waals surface area contributed by atoms with Gasteiger partial charge in [0.2, 0.25) is 18.5 Å². The van der Waals surface area contributed by atoms with E-state index in [1.807, 2.05) is 24.3 Å². The van der Waals surface area contributed by atoms with Crippen molar-refractivity contribution in [2.75, 3.05) is 43.3 Å². The molecule has 30 heavy (non-hydrogen) atoms. The maximum atomic E-state index is 12.3. The van der Waals surface area contributed by atoms with Gasteiger partial charge in [-0.25, -0.2) is 0 Å². The number of nitrogens with zero attached hydrogens (tertiary/aromatic N) is 5. The van der Waals surface area contributed by atoms with Gasteiger partial charge in [-0.05, 0) is 41.6 Å². The van der Waals surface area contributed by atoms with E-state index in [9.17, 15) is 4.79 Å². The third-order valence-corrected chi connectivity index (χ3v) is 4.90. The molecule has 1 aromatic heterocycles. The highest BCUT2D eigenvalue weighted by Crippen LogP contribution is 2.34. The molecule has 1 saturated heterocycles. The summed E-state index contributed by atoms with van der Waals surface area (Å²) < 4.78 is 16.0. The fraction of sp³-hybridized carbons (Fsp3) is 0.300. The molecule has 5 rings (SSSR count). The highest BCUT2D eigenvalue weighted by atomic mass is 16.7. The Morgan fingerprint density at radius 2 is 1.83 bits per heavy atom. The van der Waals surface area contributed by atoms with E-state index in [4.69, 9.17) is 14.2 Å². The molecule has 0 spiro atoms. The first-order valence-electron chi connectivity index (χ1n) is 9.65. The number of anilines is 2. The van der Waals surface area contributed by atoms with Crippen molar-refractivity contribution in [1.29, 1.82) is 0 Å². The Morgan fingerprint density at radius 3 is 2.67 bits per heavy atom. The number of aromatic nitrogens is 4. The summed E-state index contributed by atoms with van der Waals surface area (Å²) in [5.41, 5.74) is 2.59. The predicted octanol–water partition coefficient (Wildman–Crippen LogP) is 1.54. The van der Waals surface area contributed by atoms with Crippen LogP contribution in [0.25, 0.3) is 11.4 Å². The van der Waals surface area contributed by atoms with Gasteiger partial charge in [-0.1, -0.05) is 0 Å². The lowest BCUT2D eigenvalue weighted by atomic mass is 10.2. The molecule has 1 amide bonds. The molecule has 0 atom stereocenters. The molecule has 2 aliphatic rings. The average Bonchev–Trinajstić information content (AvgIpc) is 3.43. The largest absolute Gasteiger partial charge is 0.454 e. The second-order valence-electron chi connectivity index (χ2n) is 6.91. The molecule has 10 nitrogen and oxygen atoms in total. The molecule has 0 radical (unpaired) electrons. The van der Waals surface area contributed by atoms with Crippen molar-refractivity contribution < 1.29 is 19.0 Å². The van der Waals surface area contributed by atoms with Gasteiger partial charge in [0.05, 0.1) is 13.2 Å². The zero-order chi connectivity index (χ0) is 20.3. The van der Waals surface area contributed by atoms with E-state index < -0.39 is 0 Å². The van der Waals surface area contributed by atoms with E-state index in [1.165, 1.54) is 4.80 Å². The van der Waals surface area contributed by atoms with Crippen molar-refractivity contribution in [3.8, 4) is 22.9 Å². The number of rotatable bonds is 5. The van der Waals surface area contributed by atoms with E-state index in [-0.39, 0.29) is 19.2 Å². The second-order valence-corrected chi connectivity index (χ2v) is 6.91. The SMILES string of the molecule is O=C(Cn1nnc(-c2ccc(N3CCOCC3)cc2)n1)Nc1ccc2c(c1)OCO2. The van der Waals surface area contributed by atoms with Gasteiger partial charge in [-0.2, -0.15) is 4.80 Å². The monoisotopic (exact) mass is 408 g/mol. The fourth-order valence-electron chi connectivity index (χ4n) is 3.37. The molecule has 1 N–H and O–H groups in total. The number of ether oxygens (including phenoxy) is 3. The van der Waals surface area contributed by atoms with Crippen LogP contribution in [0.15, 0.2) is 42.5 Å². The Morgan fingerprint density at radius 1 is 1.03 bits per heavy atom. The van der Waals surface area contributed by atoms with Crippen LogP contribution in [-0.2, 0) is 16.1 Å². The molecule has 0 aliphatic carbocycles.